The Balaban J connectivity index is 1.55. The van der Waals surface area contributed by atoms with Gasteiger partial charge in [-0.3, -0.25) is 4.79 Å². The lowest BCUT2D eigenvalue weighted by Crippen LogP contribution is -2.39. The summed E-state index contributed by atoms with van der Waals surface area (Å²) in [4.78, 5) is 40.6. The molecule has 0 radical (unpaired) electrons. The Morgan fingerprint density at radius 1 is 1.08 bits per heavy atom. The van der Waals surface area contributed by atoms with Gasteiger partial charge in [-0.1, -0.05) is 6.92 Å². The van der Waals surface area contributed by atoms with Gasteiger partial charge in [-0.25, -0.2) is 18.0 Å². The van der Waals surface area contributed by atoms with Gasteiger partial charge in [-0.05, 0) is 68.9 Å². The molecule has 1 aromatic heterocycles. The quantitative estimate of drug-likeness (QED) is 0.503. The van der Waals surface area contributed by atoms with Crippen LogP contribution in [0.2, 0.25) is 0 Å². The minimum absolute atomic E-state index is 0.140. The Bertz CT molecular complexity index is 1300. The van der Waals surface area contributed by atoms with E-state index in [0.717, 1.165) is 23.3 Å². The number of carbonyl (C=O) groups excluding carboxylic acids is 3. The number of carbonyl (C=O) groups is 3. The van der Waals surface area contributed by atoms with Crippen LogP contribution in [0.3, 0.4) is 0 Å². The van der Waals surface area contributed by atoms with Crippen molar-refractivity contribution in [2.75, 3.05) is 38.2 Å². The summed E-state index contributed by atoms with van der Waals surface area (Å²) in [6.45, 7) is 7.54. The fraction of sp³-hybridized carbons (Fsp3) is 0.500. The number of fused-ring (bicyclic) bond motifs is 1. The Hall–Kier alpha value is -2.96. The van der Waals surface area contributed by atoms with Crippen LogP contribution < -0.4 is 5.32 Å². The lowest BCUT2D eigenvalue weighted by atomic mass is 10.0. The number of sulfonamides is 1. The zero-order valence-electron chi connectivity index (χ0n) is 21.8. The Morgan fingerprint density at radius 3 is 2.45 bits per heavy atom. The van der Waals surface area contributed by atoms with Gasteiger partial charge in [0.2, 0.25) is 10.0 Å². The highest BCUT2D eigenvalue weighted by atomic mass is 32.2. The summed E-state index contributed by atoms with van der Waals surface area (Å²) in [5, 5.41) is 3.14. The number of hydrogen-bond acceptors (Lipinski definition) is 8. The summed E-state index contributed by atoms with van der Waals surface area (Å²) in [6, 6.07) is 5.81. The first-order chi connectivity index (χ1) is 18.1. The smallest absolute Gasteiger partial charge is 0.410 e. The average Bonchev–Trinajstić information content (AvgIpc) is 3.26. The van der Waals surface area contributed by atoms with Gasteiger partial charge in [0.1, 0.15) is 5.00 Å². The molecule has 2 aliphatic heterocycles. The van der Waals surface area contributed by atoms with Crippen LogP contribution in [0.25, 0.3) is 0 Å². The lowest BCUT2D eigenvalue weighted by molar-refractivity contribution is 0.0526. The molecule has 0 unspecified atom stereocenters. The summed E-state index contributed by atoms with van der Waals surface area (Å²) in [5.74, 6) is -0.716. The van der Waals surface area contributed by atoms with Crippen molar-refractivity contribution in [2.24, 2.45) is 5.92 Å². The third-order valence-corrected chi connectivity index (χ3v) is 9.68. The highest BCUT2D eigenvalue weighted by Gasteiger charge is 2.32. The first-order valence-corrected chi connectivity index (χ1v) is 15.1. The summed E-state index contributed by atoms with van der Waals surface area (Å²) < 4.78 is 38.0. The number of piperidine rings is 1. The van der Waals surface area contributed by atoms with E-state index in [0.29, 0.717) is 42.5 Å². The molecule has 0 spiro atoms. The number of ether oxygens (including phenoxy) is 2. The standard InChI is InChI=1S/C26H33N3O7S2/c1-4-35-25(31)22-20-12-14-28(26(32)36-5-2)16-21(20)37-24(22)27-23(30)18-8-10-19(11-9-18)38(33,34)29-13-6-7-17(3)15-29/h8-11,17H,4-7,12-16H2,1-3H3,(H,27,30)/t17-/m0/s1. The van der Waals surface area contributed by atoms with Crippen molar-refractivity contribution >= 4 is 44.3 Å². The summed E-state index contributed by atoms with van der Waals surface area (Å²) in [7, 11) is -3.64. The van der Waals surface area contributed by atoms with Crippen molar-refractivity contribution in [1.29, 1.82) is 0 Å². The molecule has 4 rings (SSSR count). The van der Waals surface area contributed by atoms with Crippen molar-refractivity contribution in [3.8, 4) is 0 Å². The third-order valence-electron chi connectivity index (χ3n) is 6.66. The Morgan fingerprint density at radius 2 is 1.79 bits per heavy atom. The predicted molar refractivity (Wildman–Crippen MR) is 143 cm³/mol. The zero-order valence-corrected chi connectivity index (χ0v) is 23.5. The van der Waals surface area contributed by atoms with Crippen LogP contribution in [0.5, 0.6) is 0 Å². The minimum Gasteiger partial charge on any atom is -0.462 e. The molecule has 1 atom stereocenters. The van der Waals surface area contributed by atoms with Gasteiger partial charge in [0.15, 0.2) is 0 Å². The first kappa shape index (κ1) is 28.1. The average molecular weight is 564 g/mol. The number of esters is 1. The number of benzene rings is 1. The molecule has 1 fully saturated rings. The molecule has 1 saturated heterocycles. The highest BCUT2D eigenvalue weighted by Crippen LogP contribution is 2.38. The predicted octanol–water partition coefficient (Wildman–Crippen LogP) is 4.11. The van der Waals surface area contributed by atoms with E-state index in [1.54, 1.807) is 18.7 Å². The van der Waals surface area contributed by atoms with Crippen LogP contribution in [0.4, 0.5) is 9.80 Å². The molecule has 0 bridgehead atoms. The van der Waals surface area contributed by atoms with Gasteiger partial charge in [-0.15, -0.1) is 11.3 Å². The highest BCUT2D eigenvalue weighted by molar-refractivity contribution is 7.89. The molecule has 12 heteroatoms. The SMILES string of the molecule is CCOC(=O)c1c(NC(=O)c2ccc(S(=O)(=O)N3CCC[C@H](C)C3)cc2)sc2c1CCN(C(=O)OCC)C2. The second-order valence-electron chi connectivity index (χ2n) is 9.39. The van der Waals surface area contributed by atoms with Crippen LogP contribution >= 0.6 is 11.3 Å². The molecule has 1 N–H and O–H groups in total. The molecular formula is C26H33N3O7S2. The van der Waals surface area contributed by atoms with Gasteiger partial charge in [0, 0.05) is 30.1 Å². The van der Waals surface area contributed by atoms with Crippen LogP contribution in [-0.2, 0) is 32.5 Å². The van der Waals surface area contributed by atoms with Crippen molar-refractivity contribution < 1.29 is 32.3 Å². The van der Waals surface area contributed by atoms with Crippen LogP contribution in [-0.4, -0.2) is 68.4 Å². The van der Waals surface area contributed by atoms with E-state index in [1.807, 2.05) is 6.92 Å². The molecule has 2 aliphatic rings. The van der Waals surface area contributed by atoms with Crippen molar-refractivity contribution in [3.05, 3.63) is 45.8 Å². The molecule has 2 aromatic rings. The molecule has 0 saturated carbocycles. The number of amides is 2. The molecule has 1 aromatic carbocycles. The van der Waals surface area contributed by atoms with Gasteiger partial charge in [0.05, 0.1) is 30.2 Å². The molecule has 206 valence electrons. The second kappa shape index (κ2) is 11.8. The normalized spacial score (nSPS) is 18.0. The zero-order chi connectivity index (χ0) is 27.4. The maximum atomic E-state index is 13.1. The molecule has 10 nitrogen and oxygen atoms in total. The fourth-order valence-electron chi connectivity index (χ4n) is 4.75. The van der Waals surface area contributed by atoms with E-state index < -0.39 is 28.0 Å². The maximum absolute atomic E-state index is 13.1. The largest absolute Gasteiger partial charge is 0.462 e. The van der Waals surface area contributed by atoms with Gasteiger partial charge >= 0.3 is 12.1 Å². The van der Waals surface area contributed by atoms with Gasteiger partial charge in [-0.2, -0.15) is 4.31 Å². The number of anilines is 1. The van der Waals surface area contributed by atoms with Gasteiger partial charge < -0.3 is 19.7 Å². The summed E-state index contributed by atoms with van der Waals surface area (Å²) >= 11 is 1.22. The topological polar surface area (TPSA) is 122 Å². The fourth-order valence-corrected chi connectivity index (χ4v) is 7.59. The van der Waals surface area contributed by atoms with E-state index in [1.165, 1.54) is 39.9 Å². The molecule has 2 amide bonds. The summed E-state index contributed by atoms with van der Waals surface area (Å²) in [5.41, 5.74) is 1.30. The van der Waals surface area contributed by atoms with Crippen LogP contribution in [0, 0.1) is 5.92 Å². The minimum atomic E-state index is -3.64. The number of nitrogens with one attached hydrogen (secondary N) is 1. The maximum Gasteiger partial charge on any atom is 0.410 e. The lowest BCUT2D eigenvalue weighted by Gasteiger charge is -2.30. The van der Waals surface area contributed by atoms with E-state index in [-0.39, 0.29) is 30.2 Å². The molecule has 38 heavy (non-hydrogen) atoms. The third kappa shape index (κ3) is 5.87. The molecular weight excluding hydrogens is 530 g/mol. The number of thiophene rings is 1. The van der Waals surface area contributed by atoms with Crippen molar-refractivity contribution in [3.63, 3.8) is 0 Å². The second-order valence-corrected chi connectivity index (χ2v) is 12.4. The first-order valence-electron chi connectivity index (χ1n) is 12.8. The van der Waals surface area contributed by atoms with Crippen LogP contribution in [0.15, 0.2) is 29.2 Å². The van der Waals surface area contributed by atoms with E-state index in [9.17, 15) is 22.8 Å². The van der Waals surface area contributed by atoms with E-state index in [2.05, 4.69) is 5.32 Å². The number of hydrogen-bond donors (Lipinski definition) is 1. The number of rotatable bonds is 7. The van der Waals surface area contributed by atoms with Crippen LogP contribution in [0.1, 0.15) is 64.8 Å². The van der Waals surface area contributed by atoms with E-state index in [4.69, 9.17) is 9.47 Å². The Labute approximate surface area is 226 Å². The monoisotopic (exact) mass is 563 g/mol. The molecule has 0 aliphatic carbocycles. The van der Waals surface area contributed by atoms with E-state index >= 15 is 0 Å². The molecule has 3 heterocycles. The number of nitrogens with zero attached hydrogens (tertiary/aromatic N) is 2. The summed E-state index contributed by atoms with van der Waals surface area (Å²) in [6.07, 6.45) is 1.83. The van der Waals surface area contributed by atoms with Crippen molar-refractivity contribution in [1.82, 2.24) is 9.21 Å². The van der Waals surface area contributed by atoms with Gasteiger partial charge in [0.25, 0.3) is 5.91 Å². The Kier molecular flexibility index (Phi) is 8.74. The van der Waals surface area contributed by atoms with Crippen molar-refractivity contribution in [2.45, 2.75) is 51.5 Å².